The molecular formula is C15H12BrN3O3. The number of nitrogens with one attached hydrogen (secondary N) is 1. The fourth-order valence-electron chi connectivity index (χ4n) is 1.72. The van der Waals surface area contributed by atoms with Crippen molar-refractivity contribution in [3.05, 3.63) is 74.2 Å². The number of amides is 1. The highest BCUT2D eigenvalue weighted by molar-refractivity contribution is 9.10. The lowest BCUT2D eigenvalue weighted by atomic mass is 10.1. The van der Waals surface area contributed by atoms with Crippen LogP contribution in [0.15, 0.2) is 58.1 Å². The molecular weight excluding hydrogens is 350 g/mol. The number of carbonyl (C=O) groups excluding carboxylic acids is 1. The first-order valence-electron chi connectivity index (χ1n) is 6.35. The van der Waals surface area contributed by atoms with Crippen molar-refractivity contribution >= 4 is 33.7 Å². The Labute approximate surface area is 135 Å². The predicted molar refractivity (Wildman–Crippen MR) is 86.7 cm³/mol. The lowest BCUT2D eigenvalue weighted by Crippen LogP contribution is -2.19. The normalized spacial score (nSPS) is 10.6. The summed E-state index contributed by atoms with van der Waals surface area (Å²) < 4.78 is 0.945. The van der Waals surface area contributed by atoms with Gasteiger partial charge in [0.2, 0.25) is 5.91 Å². The van der Waals surface area contributed by atoms with Crippen LogP contribution < -0.4 is 5.43 Å². The standard InChI is InChI=1S/C15H12BrN3O3/c16-13-6-4-11(5-7-13)9-15(20)18-17-10-12-2-1-3-14(8-12)19(21)22/h1-8,10H,9H2,(H,18,20)/b17-10-. The van der Waals surface area contributed by atoms with Gasteiger partial charge in [0.25, 0.3) is 5.69 Å². The summed E-state index contributed by atoms with van der Waals surface area (Å²) in [7, 11) is 0. The number of non-ortho nitro benzene ring substituents is 1. The van der Waals surface area contributed by atoms with Gasteiger partial charge in [-0.05, 0) is 17.7 Å². The van der Waals surface area contributed by atoms with E-state index in [1.807, 2.05) is 24.3 Å². The molecule has 0 aromatic heterocycles. The van der Waals surface area contributed by atoms with Gasteiger partial charge in [0, 0.05) is 22.2 Å². The number of hydrazone groups is 1. The molecule has 1 N–H and O–H groups in total. The molecule has 6 nitrogen and oxygen atoms in total. The first-order valence-corrected chi connectivity index (χ1v) is 7.15. The van der Waals surface area contributed by atoms with Gasteiger partial charge in [0.1, 0.15) is 0 Å². The Hall–Kier alpha value is -2.54. The van der Waals surface area contributed by atoms with Crippen LogP contribution >= 0.6 is 15.9 Å². The van der Waals surface area contributed by atoms with Crippen molar-refractivity contribution in [1.29, 1.82) is 0 Å². The molecule has 0 atom stereocenters. The maximum absolute atomic E-state index is 11.7. The Kier molecular flexibility index (Phi) is 5.37. The van der Waals surface area contributed by atoms with Crippen LogP contribution in [0.3, 0.4) is 0 Å². The van der Waals surface area contributed by atoms with E-state index >= 15 is 0 Å². The zero-order valence-electron chi connectivity index (χ0n) is 11.4. The summed E-state index contributed by atoms with van der Waals surface area (Å²) in [6.07, 6.45) is 1.58. The number of nitrogens with zero attached hydrogens (tertiary/aromatic N) is 2. The summed E-state index contributed by atoms with van der Waals surface area (Å²) in [4.78, 5) is 21.9. The van der Waals surface area contributed by atoms with Gasteiger partial charge in [0.15, 0.2) is 0 Å². The molecule has 2 aromatic carbocycles. The molecule has 0 spiro atoms. The van der Waals surface area contributed by atoms with Crippen LogP contribution in [0.1, 0.15) is 11.1 Å². The van der Waals surface area contributed by atoms with E-state index < -0.39 is 4.92 Å². The molecule has 7 heteroatoms. The molecule has 0 bridgehead atoms. The Morgan fingerprint density at radius 2 is 2.00 bits per heavy atom. The minimum absolute atomic E-state index is 0.0230. The zero-order valence-corrected chi connectivity index (χ0v) is 13.0. The number of benzene rings is 2. The molecule has 0 aliphatic heterocycles. The Balaban J connectivity index is 1.91. The highest BCUT2D eigenvalue weighted by atomic mass is 79.9. The average Bonchev–Trinajstić information content (AvgIpc) is 2.50. The van der Waals surface area contributed by atoms with Gasteiger partial charge < -0.3 is 0 Å². The van der Waals surface area contributed by atoms with E-state index in [0.29, 0.717) is 5.56 Å². The van der Waals surface area contributed by atoms with E-state index in [1.165, 1.54) is 18.3 Å². The second-order valence-corrected chi connectivity index (χ2v) is 5.36. The zero-order chi connectivity index (χ0) is 15.9. The van der Waals surface area contributed by atoms with Crippen molar-refractivity contribution in [3.8, 4) is 0 Å². The lowest BCUT2D eigenvalue weighted by Gasteiger charge is -2.00. The van der Waals surface area contributed by atoms with Crippen LogP contribution in [-0.4, -0.2) is 17.0 Å². The van der Waals surface area contributed by atoms with E-state index in [0.717, 1.165) is 10.0 Å². The first kappa shape index (κ1) is 15.8. The SMILES string of the molecule is O=C(Cc1ccc(Br)cc1)N/N=C\c1cccc([N+](=O)[O-])c1. The largest absolute Gasteiger partial charge is 0.273 e. The molecule has 0 saturated carbocycles. The molecule has 1 amide bonds. The van der Waals surface area contributed by atoms with Crippen molar-refractivity contribution < 1.29 is 9.72 Å². The molecule has 0 aliphatic carbocycles. The van der Waals surface area contributed by atoms with Crippen molar-refractivity contribution in [1.82, 2.24) is 5.43 Å². The molecule has 0 saturated heterocycles. The fraction of sp³-hybridized carbons (Fsp3) is 0.0667. The van der Waals surface area contributed by atoms with Gasteiger partial charge >= 0.3 is 0 Å². The van der Waals surface area contributed by atoms with Crippen LogP contribution in [0, 0.1) is 10.1 Å². The molecule has 0 radical (unpaired) electrons. The number of nitro groups is 1. The van der Waals surface area contributed by atoms with Crippen molar-refractivity contribution in [2.75, 3.05) is 0 Å². The molecule has 2 rings (SSSR count). The smallest absolute Gasteiger partial charge is 0.270 e. The van der Waals surface area contributed by atoms with E-state index in [-0.39, 0.29) is 18.0 Å². The van der Waals surface area contributed by atoms with Crippen molar-refractivity contribution in [2.45, 2.75) is 6.42 Å². The molecule has 0 fully saturated rings. The molecule has 0 aliphatic rings. The highest BCUT2D eigenvalue weighted by Gasteiger charge is 2.04. The average molecular weight is 362 g/mol. The fourth-order valence-corrected chi connectivity index (χ4v) is 1.99. The van der Waals surface area contributed by atoms with Crippen LogP contribution in [-0.2, 0) is 11.2 Å². The van der Waals surface area contributed by atoms with Gasteiger partial charge in [-0.25, -0.2) is 5.43 Å². The van der Waals surface area contributed by atoms with Crippen molar-refractivity contribution in [3.63, 3.8) is 0 Å². The predicted octanol–water partition coefficient (Wildman–Crippen LogP) is 3.05. The van der Waals surface area contributed by atoms with Gasteiger partial charge in [-0.1, -0.05) is 40.2 Å². The van der Waals surface area contributed by atoms with Crippen LogP contribution in [0.5, 0.6) is 0 Å². The third-order valence-electron chi connectivity index (χ3n) is 2.76. The summed E-state index contributed by atoms with van der Waals surface area (Å²) in [5, 5.41) is 14.4. The second-order valence-electron chi connectivity index (χ2n) is 4.45. The molecule has 0 heterocycles. The maximum Gasteiger partial charge on any atom is 0.270 e. The van der Waals surface area contributed by atoms with E-state index in [2.05, 4.69) is 26.5 Å². The van der Waals surface area contributed by atoms with Gasteiger partial charge in [-0.2, -0.15) is 5.10 Å². The van der Waals surface area contributed by atoms with Gasteiger partial charge in [-0.15, -0.1) is 0 Å². The van der Waals surface area contributed by atoms with E-state index in [9.17, 15) is 14.9 Å². The molecule has 112 valence electrons. The van der Waals surface area contributed by atoms with Gasteiger partial charge in [0.05, 0.1) is 17.6 Å². The van der Waals surface area contributed by atoms with E-state index in [1.54, 1.807) is 12.1 Å². The topological polar surface area (TPSA) is 84.6 Å². The Morgan fingerprint density at radius 3 is 2.68 bits per heavy atom. The van der Waals surface area contributed by atoms with Gasteiger partial charge in [-0.3, -0.25) is 14.9 Å². The van der Waals surface area contributed by atoms with Crippen LogP contribution in [0.4, 0.5) is 5.69 Å². The minimum Gasteiger partial charge on any atom is -0.273 e. The molecule has 22 heavy (non-hydrogen) atoms. The summed E-state index contributed by atoms with van der Waals surface area (Å²) in [6.45, 7) is 0. The number of halogens is 1. The third-order valence-corrected chi connectivity index (χ3v) is 3.29. The first-order chi connectivity index (χ1) is 10.5. The highest BCUT2D eigenvalue weighted by Crippen LogP contribution is 2.12. The summed E-state index contributed by atoms with van der Waals surface area (Å²) >= 11 is 3.32. The number of hydrogen-bond acceptors (Lipinski definition) is 4. The number of carbonyl (C=O) groups is 1. The minimum atomic E-state index is -0.483. The maximum atomic E-state index is 11.7. The third kappa shape index (κ3) is 4.78. The monoisotopic (exact) mass is 361 g/mol. The quantitative estimate of drug-likeness (QED) is 0.504. The van der Waals surface area contributed by atoms with E-state index in [4.69, 9.17) is 0 Å². The summed E-state index contributed by atoms with van der Waals surface area (Å²) in [5.74, 6) is -0.260. The number of nitro benzene ring substituents is 1. The number of hydrogen-bond donors (Lipinski definition) is 1. The molecule has 0 unspecified atom stereocenters. The lowest BCUT2D eigenvalue weighted by molar-refractivity contribution is -0.384. The summed E-state index contributed by atoms with van der Waals surface area (Å²) in [5.41, 5.74) is 3.78. The number of rotatable bonds is 5. The Morgan fingerprint density at radius 1 is 1.27 bits per heavy atom. The Bertz CT molecular complexity index is 714. The summed E-state index contributed by atoms with van der Waals surface area (Å²) in [6, 6.07) is 13.4. The van der Waals surface area contributed by atoms with Crippen molar-refractivity contribution in [2.24, 2.45) is 5.10 Å². The van der Waals surface area contributed by atoms with Crippen LogP contribution in [0.2, 0.25) is 0 Å². The second kappa shape index (κ2) is 7.46. The molecule has 2 aromatic rings. The van der Waals surface area contributed by atoms with Crippen LogP contribution in [0.25, 0.3) is 0 Å².